The summed E-state index contributed by atoms with van der Waals surface area (Å²) in [6.45, 7) is 6.80. The van der Waals surface area contributed by atoms with Gasteiger partial charge >= 0.3 is 0 Å². The van der Waals surface area contributed by atoms with Gasteiger partial charge in [0, 0.05) is 18.6 Å². The SMILES string of the molecule is CC(C)(C)NS(=O)(=O)N1CC1. The van der Waals surface area contributed by atoms with Crippen LogP contribution < -0.4 is 4.72 Å². The molecule has 1 N–H and O–H groups in total. The van der Waals surface area contributed by atoms with Gasteiger partial charge < -0.3 is 0 Å². The van der Waals surface area contributed by atoms with Crippen LogP contribution in [0.5, 0.6) is 0 Å². The predicted octanol–water partition coefficient (Wildman–Crippen LogP) is -0.0651. The van der Waals surface area contributed by atoms with Crippen molar-refractivity contribution >= 4 is 10.2 Å². The smallest absolute Gasteiger partial charge is 0.197 e. The van der Waals surface area contributed by atoms with Crippen molar-refractivity contribution in [3.8, 4) is 0 Å². The van der Waals surface area contributed by atoms with Crippen molar-refractivity contribution in [2.45, 2.75) is 26.3 Å². The van der Waals surface area contributed by atoms with Crippen LogP contribution in [0.4, 0.5) is 0 Å². The molecule has 1 aliphatic heterocycles. The van der Waals surface area contributed by atoms with Gasteiger partial charge in [-0.1, -0.05) is 0 Å². The minimum Gasteiger partial charge on any atom is -0.197 e. The predicted molar refractivity (Wildman–Crippen MR) is 43.4 cm³/mol. The van der Waals surface area contributed by atoms with Gasteiger partial charge in [-0.2, -0.15) is 17.4 Å². The fourth-order valence-corrected chi connectivity index (χ4v) is 2.20. The van der Waals surface area contributed by atoms with E-state index in [0.29, 0.717) is 13.1 Å². The molecule has 1 fully saturated rings. The molecule has 0 atom stereocenters. The Kier molecular flexibility index (Phi) is 1.98. The first-order valence-electron chi connectivity index (χ1n) is 3.60. The van der Waals surface area contributed by atoms with Gasteiger partial charge in [0.15, 0.2) is 0 Å². The average molecular weight is 178 g/mol. The Hall–Kier alpha value is -0.130. The van der Waals surface area contributed by atoms with Crippen LogP contribution in [-0.4, -0.2) is 31.4 Å². The molecule has 1 saturated heterocycles. The fraction of sp³-hybridized carbons (Fsp3) is 1.00. The van der Waals surface area contributed by atoms with Crippen LogP contribution in [0.3, 0.4) is 0 Å². The topological polar surface area (TPSA) is 49.2 Å². The van der Waals surface area contributed by atoms with Crippen molar-refractivity contribution < 1.29 is 8.42 Å². The van der Waals surface area contributed by atoms with Crippen LogP contribution >= 0.6 is 0 Å². The Morgan fingerprint density at radius 1 is 1.27 bits per heavy atom. The summed E-state index contributed by atoms with van der Waals surface area (Å²) in [5, 5.41) is 0. The van der Waals surface area contributed by atoms with Crippen LogP contribution in [0.1, 0.15) is 20.8 Å². The monoisotopic (exact) mass is 178 g/mol. The molecule has 0 radical (unpaired) electrons. The molecule has 0 bridgehead atoms. The van der Waals surface area contributed by atoms with E-state index in [9.17, 15) is 8.42 Å². The van der Waals surface area contributed by atoms with E-state index in [2.05, 4.69) is 4.72 Å². The van der Waals surface area contributed by atoms with E-state index in [4.69, 9.17) is 0 Å². The van der Waals surface area contributed by atoms with Gasteiger partial charge in [-0.05, 0) is 20.8 Å². The third-order valence-corrected chi connectivity index (χ3v) is 3.10. The Bertz CT molecular complexity index is 236. The van der Waals surface area contributed by atoms with E-state index in [-0.39, 0.29) is 5.54 Å². The lowest BCUT2D eigenvalue weighted by Crippen LogP contribution is -2.43. The number of rotatable bonds is 2. The lowest BCUT2D eigenvalue weighted by Gasteiger charge is -2.20. The van der Waals surface area contributed by atoms with E-state index in [0.717, 1.165) is 0 Å². The maximum absolute atomic E-state index is 11.2. The first-order chi connectivity index (χ1) is 4.81. The summed E-state index contributed by atoms with van der Waals surface area (Å²) in [6, 6.07) is 0. The molecule has 0 aromatic rings. The van der Waals surface area contributed by atoms with E-state index >= 15 is 0 Å². The van der Waals surface area contributed by atoms with Crippen molar-refractivity contribution in [3.05, 3.63) is 0 Å². The molecule has 0 aromatic carbocycles. The molecule has 1 rings (SSSR count). The van der Waals surface area contributed by atoms with Gasteiger partial charge in [0.25, 0.3) is 10.2 Å². The molecule has 4 nitrogen and oxygen atoms in total. The van der Waals surface area contributed by atoms with Crippen molar-refractivity contribution in [2.24, 2.45) is 0 Å². The molecule has 0 aromatic heterocycles. The standard InChI is InChI=1S/C6H14N2O2S/c1-6(2,3)7-11(9,10)8-4-5-8/h7H,4-5H2,1-3H3. The molecular weight excluding hydrogens is 164 g/mol. The molecule has 0 amide bonds. The Morgan fingerprint density at radius 3 is 2.00 bits per heavy atom. The molecule has 11 heavy (non-hydrogen) atoms. The van der Waals surface area contributed by atoms with Gasteiger partial charge in [-0.15, -0.1) is 0 Å². The second kappa shape index (κ2) is 2.43. The number of hydrogen-bond donors (Lipinski definition) is 1. The molecule has 0 saturated carbocycles. The molecule has 0 unspecified atom stereocenters. The maximum atomic E-state index is 11.2. The maximum Gasteiger partial charge on any atom is 0.280 e. The Labute approximate surface area is 67.8 Å². The fourth-order valence-electron chi connectivity index (χ4n) is 0.733. The normalized spacial score (nSPS) is 20.3. The Balaban J connectivity index is 2.60. The number of nitrogens with zero attached hydrogens (tertiary/aromatic N) is 1. The van der Waals surface area contributed by atoms with Gasteiger partial charge in [-0.3, -0.25) is 0 Å². The highest BCUT2D eigenvalue weighted by Crippen LogP contribution is 2.12. The summed E-state index contributed by atoms with van der Waals surface area (Å²) in [5.41, 5.74) is -0.374. The van der Waals surface area contributed by atoms with Crippen molar-refractivity contribution in [3.63, 3.8) is 0 Å². The zero-order chi connectivity index (χ0) is 8.70. The summed E-state index contributed by atoms with van der Waals surface area (Å²) >= 11 is 0. The van der Waals surface area contributed by atoms with Crippen molar-refractivity contribution in [1.82, 2.24) is 9.03 Å². The number of hydrogen-bond acceptors (Lipinski definition) is 2. The van der Waals surface area contributed by atoms with Crippen LogP contribution in [0.15, 0.2) is 0 Å². The van der Waals surface area contributed by atoms with E-state index < -0.39 is 10.2 Å². The second-order valence-corrected chi connectivity index (χ2v) is 5.43. The average Bonchev–Trinajstić information content (AvgIpc) is 2.30. The van der Waals surface area contributed by atoms with Crippen LogP contribution in [-0.2, 0) is 10.2 Å². The first kappa shape index (κ1) is 8.96. The van der Waals surface area contributed by atoms with Crippen molar-refractivity contribution in [1.29, 1.82) is 0 Å². The van der Waals surface area contributed by atoms with Gasteiger partial charge in [0.2, 0.25) is 0 Å². The molecule has 1 aliphatic rings. The molecule has 5 heteroatoms. The molecular formula is C6H14N2O2S. The first-order valence-corrected chi connectivity index (χ1v) is 5.04. The largest absolute Gasteiger partial charge is 0.280 e. The van der Waals surface area contributed by atoms with Crippen LogP contribution in [0, 0.1) is 0 Å². The highest BCUT2D eigenvalue weighted by molar-refractivity contribution is 7.87. The summed E-state index contributed by atoms with van der Waals surface area (Å²) in [5.74, 6) is 0. The minimum atomic E-state index is -3.16. The van der Waals surface area contributed by atoms with E-state index in [1.54, 1.807) is 0 Å². The summed E-state index contributed by atoms with van der Waals surface area (Å²) in [6.07, 6.45) is 0. The van der Waals surface area contributed by atoms with Gasteiger partial charge in [0.05, 0.1) is 0 Å². The lowest BCUT2D eigenvalue weighted by atomic mass is 10.1. The lowest BCUT2D eigenvalue weighted by molar-refractivity contribution is 0.472. The number of nitrogens with one attached hydrogen (secondary N) is 1. The summed E-state index contributed by atoms with van der Waals surface area (Å²) < 4.78 is 26.4. The minimum absolute atomic E-state index is 0.374. The molecule has 0 spiro atoms. The van der Waals surface area contributed by atoms with Gasteiger partial charge in [0.1, 0.15) is 0 Å². The quantitative estimate of drug-likeness (QED) is 0.602. The van der Waals surface area contributed by atoms with Gasteiger partial charge in [-0.25, -0.2) is 0 Å². The van der Waals surface area contributed by atoms with Crippen LogP contribution in [0.25, 0.3) is 0 Å². The zero-order valence-corrected chi connectivity index (χ0v) is 7.90. The molecule has 66 valence electrons. The third kappa shape index (κ3) is 2.76. The summed E-state index contributed by atoms with van der Waals surface area (Å²) in [7, 11) is -3.16. The van der Waals surface area contributed by atoms with E-state index in [1.165, 1.54) is 4.31 Å². The van der Waals surface area contributed by atoms with Crippen LogP contribution in [0.2, 0.25) is 0 Å². The van der Waals surface area contributed by atoms with Crippen molar-refractivity contribution in [2.75, 3.05) is 13.1 Å². The third-order valence-electron chi connectivity index (χ3n) is 1.18. The molecule has 1 heterocycles. The van der Waals surface area contributed by atoms with E-state index in [1.807, 2.05) is 20.8 Å². The second-order valence-electron chi connectivity index (χ2n) is 3.76. The highest BCUT2D eigenvalue weighted by atomic mass is 32.2. The highest BCUT2D eigenvalue weighted by Gasteiger charge is 2.34. The zero-order valence-electron chi connectivity index (χ0n) is 7.09. The summed E-state index contributed by atoms with van der Waals surface area (Å²) in [4.78, 5) is 0. The Morgan fingerprint density at radius 2 is 1.73 bits per heavy atom. The molecule has 0 aliphatic carbocycles.